The van der Waals surface area contributed by atoms with E-state index in [0.29, 0.717) is 18.7 Å². The van der Waals surface area contributed by atoms with Crippen molar-refractivity contribution in [2.45, 2.75) is 38.4 Å². The van der Waals surface area contributed by atoms with Gasteiger partial charge in [-0.3, -0.25) is 4.90 Å². The van der Waals surface area contributed by atoms with Crippen LogP contribution in [-0.4, -0.2) is 46.2 Å². The number of halogens is 1. The van der Waals surface area contributed by atoms with Crippen LogP contribution in [0.25, 0.3) is 0 Å². The summed E-state index contributed by atoms with van der Waals surface area (Å²) in [6.45, 7) is 4.97. The van der Waals surface area contributed by atoms with Crippen molar-refractivity contribution in [2.75, 3.05) is 13.1 Å². The summed E-state index contributed by atoms with van der Waals surface area (Å²) in [5, 5.41) is 18.6. The molecule has 0 spiro atoms. The van der Waals surface area contributed by atoms with Crippen LogP contribution in [0.15, 0.2) is 48.5 Å². The first kappa shape index (κ1) is 19.8. The second kappa shape index (κ2) is 8.41. The number of nitrogens with zero attached hydrogens (tertiary/aromatic N) is 3. The summed E-state index contributed by atoms with van der Waals surface area (Å²) < 4.78 is 13.5. The maximum absolute atomic E-state index is 13.5. The quantitative estimate of drug-likeness (QED) is 0.860. The van der Waals surface area contributed by atoms with Crippen LogP contribution >= 0.6 is 0 Å². The molecule has 3 rings (SSSR count). The molecule has 0 aliphatic carbocycles. The Hall–Kier alpha value is -2.91. The first-order valence-electron chi connectivity index (χ1n) is 9.45. The van der Waals surface area contributed by atoms with Crippen molar-refractivity contribution >= 4 is 6.09 Å². The van der Waals surface area contributed by atoms with Gasteiger partial charge < -0.3 is 10.0 Å². The summed E-state index contributed by atoms with van der Waals surface area (Å²) in [4.78, 5) is 15.4. The molecular weight excluding hydrogens is 357 g/mol. The molecule has 3 unspecified atom stereocenters. The SMILES string of the molecule is CCC1CN(C(=O)O)C(C)CN1C(c1ccc(F)cc1)c1ccc(C#N)cc1. The van der Waals surface area contributed by atoms with Gasteiger partial charge in [-0.15, -0.1) is 0 Å². The van der Waals surface area contributed by atoms with E-state index in [-0.39, 0.29) is 23.9 Å². The van der Waals surface area contributed by atoms with E-state index in [4.69, 9.17) is 5.26 Å². The molecule has 0 bridgehead atoms. The number of carbonyl (C=O) groups is 1. The second-order valence-electron chi connectivity index (χ2n) is 7.23. The molecule has 2 aromatic rings. The van der Waals surface area contributed by atoms with E-state index >= 15 is 0 Å². The zero-order chi connectivity index (χ0) is 20.3. The van der Waals surface area contributed by atoms with E-state index in [2.05, 4.69) is 11.0 Å². The van der Waals surface area contributed by atoms with Crippen molar-refractivity contribution in [1.82, 2.24) is 9.80 Å². The molecule has 1 aliphatic heterocycles. The third-order valence-corrected chi connectivity index (χ3v) is 5.47. The molecule has 146 valence electrons. The van der Waals surface area contributed by atoms with Gasteiger partial charge in [0.05, 0.1) is 17.7 Å². The Labute approximate surface area is 164 Å². The van der Waals surface area contributed by atoms with Crippen LogP contribution in [-0.2, 0) is 0 Å². The monoisotopic (exact) mass is 381 g/mol. The van der Waals surface area contributed by atoms with Crippen LogP contribution in [0.5, 0.6) is 0 Å². The average molecular weight is 381 g/mol. The minimum absolute atomic E-state index is 0.0398. The van der Waals surface area contributed by atoms with Gasteiger partial charge in [0, 0.05) is 25.2 Å². The van der Waals surface area contributed by atoms with Crippen LogP contribution in [0.2, 0.25) is 0 Å². The highest BCUT2D eigenvalue weighted by Gasteiger charge is 2.37. The smallest absolute Gasteiger partial charge is 0.407 e. The zero-order valence-corrected chi connectivity index (χ0v) is 16.0. The number of piperazine rings is 1. The van der Waals surface area contributed by atoms with E-state index < -0.39 is 6.09 Å². The Morgan fingerprint density at radius 2 is 1.75 bits per heavy atom. The molecular formula is C22H24FN3O2. The van der Waals surface area contributed by atoms with E-state index in [9.17, 15) is 14.3 Å². The summed E-state index contributed by atoms with van der Waals surface area (Å²) in [5.74, 6) is -0.293. The predicted octanol–water partition coefficient (Wildman–Crippen LogP) is 4.25. The third kappa shape index (κ3) is 4.00. The van der Waals surface area contributed by atoms with Crippen molar-refractivity contribution in [3.63, 3.8) is 0 Å². The van der Waals surface area contributed by atoms with Crippen molar-refractivity contribution in [3.8, 4) is 6.07 Å². The fraction of sp³-hybridized carbons (Fsp3) is 0.364. The summed E-state index contributed by atoms with van der Waals surface area (Å²) in [6, 6.07) is 15.7. The molecule has 0 aromatic heterocycles. The predicted molar refractivity (Wildman–Crippen MR) is 104 cm³/mol. The molecule has 0 radical (unpaired) electrons. The molecule has 1 aliphatic rings. The molecule has 3 atom stereocenters. The standard InChI is InChI=1S/C22H24FN3O2/c1-3-20-14-25(22(27)28)15(2)13-26(20)21(18-8-10-19(23)11-9-18)17-6-4-16(12-24)5-7-17/h4-11,15,20-21H,3,13-14H2,1-2H3,(H,27,28). The topological polar surface area (TPSA) is 67.6 Å². The molecule has 1 fully saturated rings. The van der Waals surface area contributed by atoms with Gasteiger partial charge in [0.25, 0.3) is 0 Å². The molecule has 2 aromatic carbocycles. The highest BCUT2D eigenvalue weighted by atomic mass is 19.1. The minimum atomic E-state index is -0.901. The Morgan fingerprint density at radius 1 is 1.18 bits per heavy atom. The summed E-state index contributed by atoms with van der Waals surface area (Å²) >= 11 is 0. The largest absolute Gasteiger partial charge is 0.465 e. The Kier molecular flexibility index (Phi) is 5.96. The number of nitriles is 1. The van der Waals surface area contributed by atoms with E-state index in [1.165, 1.54) is 17.0 Å². The summed E-state index contributed by atoms with van der Waals surface area (Å²) in [6.07, 6.45) is -0.105. The van der Waals surface area contributed by atoms with Crippen LogP contribution < -0.4 is 0 Å². The number of rotatable bonds is 4. The maximum atomic E-state index is 13.5. The highest BCUT2D eigenvalue weighted by Crippen LogP contribution is 2.34. The van der Waals surface area contributed by atoms with Gasteiger partial charge >= 0.3 is 6.09 Å². The van der Waals surface area contributed by atoms with E-state index in [1.807, 2.05) is 26.0 Å². The Morgan fingerprint density at radius 3 is 2.25 bits per heavy atom. The van der Waals surface area contributed by atoms with Gasteiger partial charge in [-0.1, -0.05) is 31.2 Å². The van der Waals surface area contributed by atoms with Crippen LogP contribution in [0.3, 0.4) is 0 Å². The minimum Gasteiger partial charge on any atom is -0.465 e. The first-order valence-corrected chi connectivity index (χ1v) is 9.45. The molecule has 1 saturated heterocycles. The van der Waals surface area contributed by atoms with Gasteiger partial charge in [0.1, 0.15) is 5.82 Å². The molecule has 0 saturated carbocycles. The molecule has 6 heteroatoms. The molecule has 28 heavy (non-hydrogen) atoms. The maximum Gasteiger partial charge on any atom is 0.407 e. The van der Waals surface area contributed by atoms with Gasteiger partial charge in [-0.25, -0.2) is 9.18 Å². The van der Waals surface area contributed by atoms with E-state index in [0.717, 1.165) is 17.5 Å². The third-order valence-electron chi connectivity index (χ3n) is 5.47. The Balaban J connectivity index is 2.03. The van der Waals surface area contributed by atoms with Gasteiger partial charge in [0.2, 0.25) is 0 Å². The summed E-state index contributed by atoms with van der Waals surface area (Å²) in [5.41, 5.74) is 2.53. The lowest BCUT2D eigenvalue weighted by Gasteiger charge is -2.47. The second-order valence-corrected chi connectivity index (χ2v) is 7.23. The van der Waals surface area contributed by atoms with Crippen molar-refractivity contribution in [3.05, 3.63) is 71.0 Å². The van der Waals surface area contributed by atoms with Gasteiger partial charge in [-0.05, 0) is 48.7 Å². The summed E-state index contributed by atoms with van der Waals surface area (Å²) in [7, 11) is 0. The number of hydrogen-bond acceptors (Lipinski definition) is 3. The lowest BCUT2D eigenvalue weighted by Crippen LogP contribution is -2.59. The molecule has 1 amide bonds. The normalized spacial score (nSPS) is 21.1. The first-order chi connectivity index (χ1) is 13.4. The molecule has 1 N–H and O–H groups in total. The fourth-order valence-electron chi connectivity index (χ4n) is 3.97. The van der Waals surface area contributed by atoms with Gasteiger partial charge in [-0.2, -0.15) is 5.26 Å². The van der Waals surface area contributed by atoms with Crippen molar-refractivity contribution in [2.24, 2.45) is 0 Å². The molecule has 5 nitrogen and oxygen atoms in total. The Bertz CT molecular complexity index is 861. The number of carboxylic acid groups (broad SMARTS) is 1. The van der Waals surface area contributed by atoms with E-state index in [1.54, 1.807) is 24.3 Å². The van der Waals surface area contributed by atoms with Crippen LogP contribution in [0.4, 0.5) is 9.18 Å². The number of amides is 1. The van der Waals surface area contributed by atoms with Gasteiger partial charge in [0.15, 0.2) is 0 Å². The average Bonchev–Trinajstić information content (AvgIpc) is 2.70. The van der Waals surface area contributed by atoms with Crippen LogP contribution in [0, 0.1) is 17.1 Å². The lowest BCUT2D eigenvalue weighted by atomic mass is 9.92. The van der Waals surface area contributed by atoms with Crippen molar-refractivity contribution in [1.29, 1.82) is 5.26 Å². The number of hydrogen-bond donors (Lipinski definition) is 1. The zero-order valence-electron chi connectivity index (χ0n) is 16.0. The number of benzene rings is 2. The lowest BCUT2D eigenvalue weighted by molar-refractivity contribution is 0.0199. The van der Waals surface area contributed by atoms with Crippen LogP contribution in [0.1, 0.15) is 43.0 Å². The fourth-order valence-corrected chi connectivity index (χ4v) is 3.97. The highest BCUT2D eigenvalue weighted by molar-refractivity contribution is 5.65. The van der Waals surface area contributed by atoms with Crippen molar-refractivity contribution < 1.29 is 14.3 Å². The molecule has 1 heterocycles.